The smallest absolute Gasteiger partial charge is 0.222 e. The zero-order valence-electron chi connectivity index (χ0n) is 15.1. The summed E-state index contributed by atoms with van der Waals surface area (Å²) in [5.41, 5.74) is 1.78. The molecule has 5 nitrogen and oxygen atoms in total. The van der Waals surface area contributed by atoms with Gasteiger partial charge in [0.2, 0.25) is 5.28 Å². The third-order valence-corrected chi connectivity index (χ3v) is 6.99. The number of imidazole rings is 1. The Morgan fingerprint density at radius 3 is 2.64 bits per heavy atom. The van der Waals surface area contributed by atoms with Crippen LogP contribution in [0, 0.1) is 0 Å². The van der Waals surface area contributed by atoms with E-state index in [1.165, 1.54) is 0 Å². The quantitative estimate of drug-likeness (QED) is 0.338. The Balaban J connectivity index is 1.90. The van der Waals surface area contributed by atoms with Crippen LogP contribution in [0.5, 0.6) is 0 Å². The van der Waals surface area contributed by atoms with Gasteiger partial charge in [-0.1, -0.05) is 26.6 Å². The van der Waals surface area contributed by atoms with Crippen LogP contribution >= 0.6 is 27.5 Å². The largest absolute Gasteiger partial charge is 0.361 e. The second-order valence-electron chi connectivity index (χ2n) is 8.12. The molecule has 1 aliphatic rings. The lowest BCUT2D eigenvalue weighted by atomic mass is 10.1. The lowest BCUT2D eigenvalue weighted by Crippen LogP contribution is -2.22. The molecule has 1 fully saturated rings. The number of hydrogen-bond acceptors (Lipinski definition) is 4. The minimum absolute atomic E-state index is 0.125. The van der Waals surface area contributed by atoms with Gasteiger partial charge in [-0.3, -0.25) is 0 Å². The van der Waals surface area contributed by atoms with E-state index in [0.29, 0.717) is 6.73 Å². The van der Waals surface area contributed by atoms with Gasteiger partial charge in [0.1, 0.15) is 22.9 Å². The Hall–Kier alpha value is -0.763. The van der Waals surface area contributed by atoms with Gasteiger partial charge in [-0.25, -0.2) is 15.0 Å². The van der Waals surface area contributed by atoms with Crippen LogP contribution < -0.4 is 0 Å². The SMILES string of the molecule is CC1(c2nc(Br)c(-c3ccnc(Cl)n3)n2COCC[Si](C)(C)C)CC1. The summed E-state index contributed by atoms with van der Waals surface area (Å²) >= 11 is 9.60. The van der Waals surface area contributed by atoms with Gasteiger partial charge in [0.25, 0.3) is 0 Å². The molecule has 8 heteroatoms. The average Bonchev–Trinajstić information content (AvgIpc) is 3.16. The average molecular weight is 444 g/mol. The summed E-state index contributed by atoms with van der Waals surface area (Å²) in [5.74, 6) is 1.05. The molecule has 0 aliphatic heterocycles. The first-order valence-corrected chi connectivity index (χ1v) is 13.4. The molecule has 0 N–H and O–H groups in total. The summed E-state index contributed by atoms with van der Waals surface area (Å²) in [4.78, 5) is 13.1. The molecular formula is C17H24BrClN4OSi. The fourth-order valence-corrected chi connectivity index (χ4v) is 4.16. The van der Waals surface area contributed by atoms with Gasteiger partial charge < -0.3 is 9.30 Å². The summed E-state index contributed by atoms with van der Waals surface area (Å²) in [6.45, 7) is 10.6. The highest BCUT2D eigenvalue weighted by Gasteiger charge is 2.44. The van der Waals surface area contributed by atoms with E-state index in [1.54, 1.807) is 6.20 Å². The maximum atomic E-state index is 6.03. The molecule has 25 heavy (non-hydrogen) atoms. The number of hydrogen-bond donors (Lipinski definition) is 0. The highest BCUT2D eigenvalue weighted by molar-refractivity contribution is 9.10. The second-order valence-corrected chi connectivity index (χ2v) is 14.8. The number of ether oxygens (including phenoxy) is 1. The fourth-order valence-electron chi connectivity index (χ4n) is 2.67. The highest BCUT2D eigenvalue weighted by atomic mass is 79.9. The summed E-state index contributed by atoms with van der Waals surface area (Å²) in [5, 5.41) is 0.232. The zero-order chi connectivity index (χ0) is 18.2. The van der Waals surface area contributed by atoms with Gasteiger partial charge >= 0.3 is 0 Å². The van der Waals surface area contributed by atoms with E-state index < -0.39 is 8.07 Å². The molecule has 0 amide bonds. The number of halogens is 2. The number of nitrogens with zero attached hydrogens (tertiary/aromatic N) is 4. The third kappa shape index (κ3) is 4.50. The number of aromatic nitrogens is 4. The predicted molar refractivity (Wildman–Crippen MR) is 107 cm³/mol. The Kier molecular flexibility index (Phi) is 5.40. The first-order valence-electron chi connectivity index (χ1n) is 8.53. The Bertz CT molecular complexity index is 770. The van der Waals surface area contributed by atoms with Crippen LogP contribution in [0.15, 0.2) is 16.9 Å². The molecular weight excluding hydrogens is 420 g/mol. The molecule has 0 unspecified atom stereocenters. The first kappa shape index (κ1) is 19.0. The molecule has 136 valence electrons. The molecule has 1 saturated carbocycles. The monoisotopic (exact) mass is 442 g/mol. The van der Waals surface area contributed by atoms with E-state index >= 15 is 0 Å². The van der Waals surface area contributed by atoms with Crippen molar-refractivity contribution in [2.24, 2.45) is 0 Å². The molecule has 0 radical (unpaired) electrons. The molecule has 0 bridgehead atoms. The van der Waals surface area contributed by atoms with Crippen LogP contribution in [0.1, 0.15) is 25.6 Å². The maximum absolute atomic E-state index is 6.03. The first-order chi connectivity index (χ1) is 11.7. The van der Waals surface area contributed by atoms with Gasteiger partial charge in [-0.05, 0) is 52.5 Å². The van der Waals surface area contributed by atoms with Crippen LogP contribution in [-0.4, -0.2) is 34.2 Å². The molecule has 2 heterocycles. The van der Waals surface area contributed by atoms with Crippen LogP contribution in [-0.2, 0) is 16.9 Å². The summed E-state index contributed by atoms with van der Waals surface area (Å²) in [6, 6.07) is 3.00. The van der Waals surface area contributed by atoms with E-state index in [4.69, 9.17) is 21.3 Å². The van der Waals surface area contributed by atoms with Crippen LogP contribution in [0.3, 0.4) is 0 Å². The van der Waals surface area contributed by atoms with Gasteiger partial charge in [0, 0.05) is 26.3 Å². The predicted octanol–water partition coefficient (Wildman–Crippen LogP) is 5.12. The summed E-state index contributed by atoms with van der Waals surface area (Å²) in [6.07, 6.45) is 3.96. The second kappa shape index (κ2) is 7.10. The van der Waals surface area contributed by atoms with Gasteiger partial charge in [-0.2, -0.15) is 0 Å². The molecule has 2 aromatic rings. The lowest BCUT2D eigenvalue weighted by molar-refractivity contribution is 0.0851. The fraction of sp³-hybridized carbons (Fsp3) is 0.588. The van der Waals surface area contributed by atoms with Gasteiger partial charge in [0.05, 0.1) is 5.69 Å². The van der Waals surface area contributed by atoms with Gasteiger partial charge in [0.15, 0.2) is 0 Å². The van der Waals surface area contributed by atoms with E-state index in [2.05, 4.69) is 57.0 Å². The summed E-state index contributed by atoms with van der Waals surface area (Å²) < 4.78 is 8.94. The zero-order valence-corrected chi connectivity index (χ0v) is 18.5. The van der Waals surface area contributed by atoms with E-state index in [1.807, 2.05) is 6.07 Å². The molecule has 3 rings (SSSR count). The van der Waals surface area contributed by atoms with Crippen molar-refractivity contribution >= 4 is 35.6 Å². The molecule has 0 spiro atoms. The topological polar surface area (TPSA) is 52.8 Å². The van der Waals surface area contributed by atoms with E-state index in [0.717, 1.165) is 47.3 Å². The van der Waals surface area contributed by atoms with Crippen molar-refractivity contribution in [1.29, 1.82) is 0 Å². The molecule has 0 atom stereocenters. The maximum Gasteiger partial charge on any atom is 0.222 e. The molecule has 1 aliphatic carbocycles. The Morgan fingerprint density at radius 2 is 2.04 bits per heavy atom. The molecule has 0 saturated heterocycles. The van der Waals surface area contributed by atoms with E-state index in [9.17, 15) is 0 Å². The van der Waals surface area contributed by atoms with Crippen molar-refractivity contribution in [2.45, 2.75) is 57.6 Å². The van der Waals surface area contributed by atoms with Crippen molar-refractivity contribution in [3.05, 3.63) is 28.0 Å². The third-order valence-electron chi connectivity index (χ3n) is 4.55. The Labute approximate surface area is 163 Å². The highest BCUT2D eigenvalue weighted by Crippen LogP contribution is 2.48. The van der Waals surface area contributed by atoms with Crippen molar-refractivity contribution in [2.75, 3.05) is 6.61 Å². The molecule has 0 aromatic carbocycles. The lowest BCUT2D eigenvalue weighted by Gasteiger charge is -2.18. The van der Waals surface area contributed by atoms with Crippen LogP contribution in [0.2, 0.25) is 31.0 Å². The number of rotatable bonds is 7. The van der Waals surface area contributed by atoms with Crippen molar-refractivity contribution in [3.63, 3.8) is 0 Å². The minimum atomic E-state index is -1.11. The van der Waals surface area contributed by atoms with E-state index in [-0.39, 0.29) is 10.7 Å². The van der Waals surface area contributed by atoms with Crippen LogP contribution in [0.25, 0.3) is 11.4 Å². The standard InChI is InChI=1S/C17H24BrClN4OSi/c1-17(6-7-17)15-22-14(18)13(12-5-8-20-16(19)21-12)23(15)11-24-9-10-25(2,3)4/h5,8H,6-7,9-11H2,1-4H3. The van der Waals surface area contributed by atoms with Crippen molar-refractivity contribution in [1.82, 2.24) is 19.5 Å². The van der Waals surface area contributed by atoms with Gasteiger partial charge in [-0.15, -0.1) is 0 Å². The van der Waals surface area contributed by atoms with Crippen molar-refractivity contribution < 1.29 is 4.74 Å². The molecule has 2 aromatic heterocycles. The minimum Gasteiger partial charge on any atom is -0.361 e. The van der Waals surface area contributed by atoms with Crippen LogP contribution in [0.4, 0.5) is 0 Å². The normalized spacial score (nSPS) is 16.2. The summed E-state index contributed by atoms with van der Waals surface area (Å²) in [7, 11) is -1.11. The Morgan fingerprint density at radius 1 is 1.32 bits per heavy atom. The van der Waals surface area contributed by atoms with Crippen molar-refractivity contribution in [3.8, 4) is 11.4 Å².